The van der Waals surface area contributed by atoms with Crippen LogP contribution in [0.4, 0.5) is 10.5 Å². The van der Waals surface area contributed by atoms with E-state index < -0.39 is 17.8 Å². The molecule has 2 aromatic carbocycles. The number of halogens is 3. The van der Waals surface area contributed by atoms with Crippen molar-refractivity contribution in [1.82, 2.24) is 5.32 Å². The lowest BCUT2D eigenvalue weighted by atomic mass is 10.1. The molecule has 0 radical (unpaired) electrons. The summed E-state index contributed by atoms with van der Waals surface area (Å²) in [6.45, 7) is 1.85. The Morgan fingerprint density at radius 2 is 1.82 bits per heavy atom. The van der Waals surface area contributed by atoms with Crippen LogP contribution in [-0.2, 0) is 9.59 Å². The zero-order valence-corrected chi connectivity index (χ0v) is 20.0. The predicted octanol–water partition coefficient (Wildman–Crippen LogP) is 4.80. The van der Waals surface area contributed by atoms with Gasteiger partial charge in [-0.2, -0.15) is 0 Å². The average Bonchev–Trinajstić information content (AvgIpc) is 2.61. The summed E-state index contributed by atoms with van der Waals surface area (Å²) in [5.74, 6) is -0.760. The largest absolute Gasteiger partial charge is 0.494 e. The summed E-state index contributed by atoms with van der Waals surface area (Å²) in [4.78, 5) is 38.5. The Morgan fingerprint density at radius 3 is 2.43 bits per heavy atom. The van der Waals surface area contributed by atoms with Crippen molar-refractivity contribution in [1.29, 1.82) is 0 Å². The van der Waals surface area contributed by atoms with E-state index >= 15 is 0 Å². The van der Waals surface area contributed by atoms with Gasteiger partial charge in [0.15, 0.2) is 0 Å². The molecule has 28 heavy (non-hydrogen) atoms. The number of barbiturate groups is 1. The van der Waals surface area contributed by atoms with Gasteiger partial charge in [-0.3, -0.25) is 14.9 Å². The maximum Gasteiger partial charge on any atom is 0.335 e. The molecule has 0 spiro atoms. The standard InChI is InChI=1S/C19H13Br2IN2O4/c1-9-5-11(3-4-13(9)20)24-18(26)12(17(25)23-19(24)27)6-10-7-14(21)16(28-2)15(22)8-10/h3-8H,1-2H3,(H,23,25,27)/b12-6+. The zero-order valence-electron chi connectivity index (χ0n) is 14.7. The molecule has 2 aromatic rings. The molecule has 0 saturated carbocycles. The highest BCUT2D eigenvalue weighted by molar-refractivity contribution is 14.1. The van der Waals surface area contributed by atoms with E-state index in [0.717, 1.165) is 18.5 Å². The normalized spacial score (nSPS) is 15.8. The fourth-order valence-electron chi connectivity index (χ4n) is 2.68. The maximum atomic E-state index is 13.0. The third kappa shape index (κ3) is 4.01. The molecule has 4 amide bonds. The summed E-state index contributed by atoms with van der Waals surface area (Å²) in [5.41, 5.74) is 1.73. The number of urea groups is 1. The summed E-state index contributed by atoms with van der Waals surface area (Å²) in [7, 11) is 1.56. The molecule has 3 rings (SSSR count). The Morgan fingerprint density at radius 1 is 1.11 bits per heavy atom. The monoisotopic (exact) mass is 618 g/mol. The van der Waals surface area contributed by atoms with Crippen molar-refractivity contribution < 1.29 is 19.1 Å². The van der Waals surface area contributed by atoms with Crippen LogP contribution in [-0.4, -0.2) is 25.0 Å². The predicted molar refractivity (Wildman–Crippen MR) is 121 cm³/mol. The van der Waals surface area contributed by atoms with Gasteiger partial charge in [-0.1, -0.05) is 15.9 Å². The summed E-state index contributed by atoms with van der Waals surface area (Å²) in [6, 6.07) is 7.81. The van der Waals surface area contributed by atoms with Crippen LogP contribution in [0.3, 0.4) is 0 Å². The van der Waals surface area contributed by atoms with Gasteiger partial charge in [0.2, 0.25) is 0 Å². The number of hydrogen-bond donors (Lipinski definition) is 1. The maximum absolute atomic E-state index is 13.0. The minimum atomic E-state index is -0.778. The first-order valence-corrected chi connectivity index (χ1v) is 10.6. The Balaban J connectivity index is 2.05. The second-order valence-electron chi connectivity index (χ2n) is 5.91. The third-order valence-corrected chi connectivity index (χ3v) is 6.32. The van der Waals surface area contributed by atoms with E-state index in [4.69, 9.17) is 4.74 Å². The van der Waals surface area contributed by atoms with Crippen LogP contribution < -0.4 is 15.0 Å². The van der Waals surface area contributed by atoms with Crippen LogP contribution in [0.5, 0.6) is 5.75 Å². The first-order valence-electron chi connectivity index (χ1n) is 7.93. The van der Waals surface area contributed by atoms with Crippen molar-refractivity contribution in [3.8, 4) is 5.75 Å². The van der Waals surface area contributed by atoms with Crippen molar-refractivity contribution in [2.75, 3.05) is 12.0 Å². The van der Waals surface area contributed by atoms with Crippen molar-refractivity contribution in [2.45, 2.75) is 6.92 Å². The molecule has 0 aliphatic carbocycles. The summed E-state index contributed by atoms with van der Waals surface area (Å²) >= 11 is 8.90. The molecular formula is C19H13Br2IN2O4. The molecule has 1 saturated heterocycles. The molecule has 0 unspecified atom stereocenters. The van der Waals surface area contributed by atoms with Gasteiger partial charge in [0.05, 0.1) is 20.8 Å². The van der Waals surface area contributed by atoms with Crippen LogP contribution in [0.2, 0.25) is 0 Å². The summed E-state index contributed by atoms with van der Waals surface area (Å²) in [5, 5.41) is 2.22. The summed E-state index contributed by atoms with van der Waals surface area (Å²) in [6.07, 6.45) is 1.45. The lowest BCUT2D eigenvalue weighted by Crippen LogP contribution is -2.54. The highest BCUT2D eigenvalue weighted by Gasteiger charge is 2.37. The number of nitrogens with zero attached hydrogens (tertiary/aromatic N) is 1. The fourth-order valence-corrected chi connectivity index (χ4v) is 4.81. The first kappa shape index (κ1) is 21.0. The zero-order chi connectivity index (χ0) is 20.6. The van der Waals surface area contributed by atoms with Gasteiger partial charge in [-0.25, -0.2) is 9.69 Å². The average molecular weight is 620 g/mol. The number of anilines is 1. The van der Waals surface area contributed by atoms with Crippen molar-refractivity contribution in [3.05, 3.63) is 59.5 Å². The number of imide groups is 2. The summed E-state index contributed by atoms with van der Waals surface area (Å²) < 4.78 is 7.64. The van der Waals surface area contributed by atoms with Crippen molar-refractivity contribution in [3.63, 3.8) is 0 Å². The van der Waals surface area contributed by atoms with Gasteiger partial charge >= 0.3 is 6.03 Å². The van der Waals surface area contributed by atoms with Crippen molar-refractivity contribution in [2.24, 2.45) is 0 Å². The van der Waals surface area contributed by atoms with Gasteiger partial charge in [-0.15, -0.1) is 0 Å². The molecule has 6 nitrogen and oxygen atoms in total. The van der Waals surface area contributed by atoms with Gasteiger partial charge in [-0.05, 0) is 93.0 Å². The van der Waals surface area contributed by atoms with E-state index in [1.54, 1.807) is 37.4 Å². The van der Waals surface area contributed by atoms with E-state index in [1.165, 1.54) is 6.08 Å². The minimum Gasteiger partial charge on any atom is -0.494 e. The van der Waals surface area contributed by atoms with E-state index in [0.29, 0.717) is 21.5 Å². The molecule has 144 valence electrons. The minimum absolute atomic E-state index is 0.131. The van der Waals surface area contributed by atoms with Crippen LogP contribution in [0.25, 0.3) is 6.08 Å². The third-order valence-electron chi connectivity index (χ3n) is 4.04. The van der Waals surface area contributed by atoms with Crippen molar-refractivity contribution >= 4 is 84.1 Å². The van der Waals surface area contributed by atoms with Crippen LogP contribution >= 0.6 is 54.5 Å². The number of nitrogens with one attached hydrogen (secondary N) is 1. The quantitative estimate of drug-likeness (QED) is 0.304. The Bertz CT molecular complexity index is 1030. The van der Waals surface area contributed by atoms with Crippen LogP contribution in [0.15, 0.2) is 44.9 Å². The Hall–Kier alpha value is -1.72. The lowest BCUT2D eigenvalue weighted by molar-refractivity contribution is -0.122. The van der Waals surface area contributed by atoms with Gasteiger partial charge < -0.3 is 4.74 Å². The number of aryl methyl sites for hydroxylation is 1. The first-order chi connectivity index (χ1) is 13.2. The SMILES string of the molecule is COc1c(Br)cc(/C=C2\C(=O)NC(=O)N(c3ccc(Br)c(C)c3)C2=O)cc1I. The smallest absolute Gasteiger partial charge is 0.335 e. The number of carbonyl (C=O) groups excluding carboxylic acids is 3. The Kier molecular flexibility index (Phi) is 6.25. The van der Waals surface area contributed by atoms with Crippen LogP contribution in [0.1, 0.15) is 11.1 Å². The van der Waals surface area contributed by atoms with Gasteiger partial charge in [0, 0.05) is 4.47 Å². The second-order valence-corrected chi connectivity index (χ2v) is 8.78. The highest BCUT2D eigenvalue weighted by Crippen LogP contribution is 2.33. The number of amides is 4. The van der Waals surface area contributed by atoms with E-state index in [2.05, 4.69) is 59.8 Å². The van der Waals surface area contributed by atoms with Gasteiger partial charge in [0.1, 0.15) is 11.3 Å². The van der Waals surface area contributed by atoms with E-state index in [9.17, 15) is 14.4 Å². The molecule has 1 fully saturated rings. The number of benzene rings is 2. The van der Waals surface area contributed by atoms with Gasteiger partial charge in [0.25, 0.3) is 11.8 Å². The molecule has 9 heteroatoms. The number of ether oxygens (including phenoxy) is 1. The number of carbonyl (C=O) groups is 3. The number of hydrogen-bond acceptors (Lipinski definition) is 4. The Labute approximate surface area is 191 Å². The fraction of sp³-hybridized carbons (Fsp3) is 0.105. The molecule has 0 atom stereocenters. The second kappa shape index (κ2) is 8.34. The topological polar surface area (TPSA) is 75.7 Å². The number of methoxy groups -OCH3 is 1. The van der Waals surface area contributed by atoms with E-state index in [-0.39, 0.29) is 5.57 Å². The molecular weight excluding hydrogens is 607 g/mol. The lowest BCUT2D eigenvalue weighted by Gasteiger charge is -2.26. The molecule has 1 aliphatic heterocycles. The molecule has 0 bridgehead atoms. The molecule has 0 aromatic heterocycles. The molecule has 1 N–H and O–H groups in total. The van der Waals surface area contributed by atoms with Crippen LogP contribution in [0, 0.1) is 10.5 Å². The highest BCUT2D eigenvalue weighted by atomic mass is 127. The molecule has 1 heterocycles. The van der Waals surface area contributed by atoms with E-state index in [1.807, 2.05) is 6.92 Å². The molecule has 1 aliphatic rings. The number of rotatable bonds is 3.